The van der Waals surface area contributed by atoms with E-state index in [4.69, 9.17) is 9.47 Å². The van der Waals surface area contributed by atoms with Crippen molar-refractivity contribution in [3.05, 3.63) is 64.6 Å². The van der Waals surface area contributed by atoms with E-state index in [1.807, 2.05) is 63.1 Å². The molecule has 8 atom stereocenters. The number of ketones is 2. The van der Waals surface area contributed by atoms with Gasteiger partial charge in [-0.3, -0.25) is 38.5 Å². The number of amides is 5. The van der Waals surface area contributed by atoms with E-state index in [1.54, 1.807) is 57.5 Å². The van der Waals surface area contributed by atoms with Crippen LogP contribution in [0.25, 0.3) is 0 Å². The Morgan fingerprint density at radius 1 is 0.939 bits per heavy atom. The number of hydrogen-bond donors (Lipinski definition) is 1. The lowest BCUT2D eigenvalue weighted by atomic mass is 9.82. The lowest BCUT2D eigenvalue weighted by molar-refractivity contribution is -0.149. The molecule has 66 heavy (non-hydrogen) atoms. The first-order valence-electron chi connectivity index (χ1n) is 23.8. The van der Waals surface area contributed by atoms with E-state index in [0.29, 0.717) is 51.5 Å². The number of likely N-dealkylation sites (tertiary alicyclic amines) is 1. The molecule has 2 aromatic rings. The van der Waals surface area contributed by atoms with Crippen LogP contribution < -0.4 is 5.32 Å². The van der Waals surface area contributed by atoms with Gasteiger partial charge in [-0.2, -0.15) is 0 Å². The molecule has 14 nitrogen and oxygen atoms in total. The van der Waals surface area contributed by atoms with Gasteiger partial charge in [0.05, 0.1) is 41.3 Å². The summed E-state index contributed by atoms with van der Waals surface area (Å²) in [6.07, 6.45) is 8.04. The Bertz CT molecular complexity index is 1950. The third-order valence-corrected chi connectivity index (χ3v) is 14.7. The fraction of sp³-hybridized carbons (Fsp3) is 0.647. The van der Waals surface area contributed by atoms with Crippen molar-refractivity contribution >= 4 is 52.4 Å². The molecule has 0 spiro atoms. The van der Waals surface area contributed by atoms with Crippen molar-refractivity contribution in [2.45, 2.75) is 155 Å². The maximum absolute atomic E-state index is 14.5. The molecule has 1 N–H and O–H groups in total. The van der Waals surface area contributed by atoms with Crippen molar-refractivity contribution < 1.29 is 43.0 Å². The standard InChI is InChI=1S/C51H75N5O9S/c1-11-34(4)47(54(8)50(63)38(33(2)3)31-42(58)51(6,7)53-43(59)22-16-13-17-26-56-44(60)23-24-45(56)61)41(64-9)32-46(62)55-27-18-21-39(55)48(65-10)35(5)40(57)30-37(49-52-25-28-66-49)29-36-19-14-12-15-20-36/h12,14-15,19-20,23-25,28,33-35,37-39,41,47-48H,11,13,16-18,21-22,26-27,29-32H2,1-10H3,(H,53,59)/t34-,35-,37+,38-,39-,41+,47-,48+/m0/s1. The normalized spacial score (nSPS) is 18.5. The molecule has 2 aliphatic rings. The molecule has 1 saturated heterocycles. The molecule has 364 valence electrons. The first-order chi connectivity index (χ1) is 31.3. The number of unbranched alkanes of at least 4 members (excludes halogenated alkanes) is 2. The van der Waals surface area contributed by atoms with Gasteiger partial charge in [0.2, 0.25) is 17.7 Å². The number of ether oxygens (including phenoxy) is 2. The zero-order valence-electron chi connectivity index (χ0n) is 41.0. The molecule has 1 aromatic carbocycles. The summed E-state index contributed by atoms with van der Waals surface area (Å²) < 4.78 is 12.2. The summed E-state index contributed by atoms with van der Waals surface area (Å²) in [7, 11) is 4.88. The number of imide groups is 1. The Morgan fingerprint density at radius 2 is 1.62 bits per heavy atom. The quantitative estimate of drug-likeness (QED) is 0.0695. The number of nitrogens with zero attached hydrogens (tertiary/aromatic N) is 4. The number of rotatable bonds is 28. The summed E-state index contributed by atoms with van der Waals surface area (Å²) in [5, 5.41) is 5.71. The number of aromatic nitrogens is 1. The second-order valence-corrected chi connectivity index (χ2v) is 20.1. The zero-order valence-corrected chi connectivity index (χ0v) is 41.8. The Labute approximate surface area is 396 Å². The summed E-state index contributed by atoms with van der Waals surface area (Å²) in [5.74, 6) is -3.08. The fourth-order valence-corrected chi connectivity index (χ4v) is 10.3. The van der Waals surface area contributed by atoms with Crippen molar-refractivity contribution in [2.24, 2.45) is 23.7 Å². The highest BCUT2D eigenvalue weighted by Gasteiger charge is 2.44. The van der Waals surface area contributed by atoms with Crippen molar-refractivity contribution in [3.63, 3.8) is 0 Å². The molecule has 1 aromatic heterocycles. The molecular formula is C51H75N5O9S. The van der Waals surface area contributed by atoms with Gasteiger partial charge in [-0.1, -0.05) is 77.8 Å². The summed E-state index contributed by atoms with van der Waals surface area (Å²) in [6, 6.07) is 9.29. The van der Waals surface area contributed by atoms with Crippen LogP contribution in [-0.2, 0) is 49.5 Å². The van der Waals surface area contributed by atoms with Crippen molar-refractivity contribution in [2.75, 3.05) is 34.4 Å². The van der Waals surface area contributed by atoms with Crippen molar-refractivity contribution in [1.82, 2.24) is 25.0 Å². The Kier molecular flexibility index (Phi) is 20.9. The van der Waals surface area contributed by atoms with Crippen LogP contribution in [0.5, 0.6) is 0 Å². The number of hydrogen-bond acceptors (Lipinski definition) is 11. The first kappa shape index (κ1) is 54.0. The summed E-state index contributed by atoms with van der Waals surface area (Å²) in [6.45, 7) is 13.9. The largest absolute Gasteiger partial charge is 0.379 e. The van der Waals surface area contributed by atoms with E-state index in [1.165, 1.54) is 17.1 Å². The van der Waals surface area contributed by atoms with E-state index in [0.717, 1.165) is 17.0 Å². The number of methoxy groups -OCH3 is 2. The van der Waals surface area contributed by atoms with E-state index in [2.05, 4.69) is 22.4 Å². The highest BCUT2D eigenvalue weighted by molar-refractivity contribution is 7.09. The van der Waals surface area contributed by atoms with Gasteiger partial charge in [0.25, 0.3) is 11.8 Å². The summed E-state index contributed by atoms with van der Waals surface area (Å²) >= 11 is 1.55. The predicted molar refractivity (Wildman–Crippen MR) is 255 cm³/mol. The maximum Gasteiger partial charge on any atom is 0.253 e. The average molecular weight is 934 g/mol. The lowest BCUT2D eigenvalue weighted by Gasteiger charge is -2.41. The van der Waals surface area contributed by atoms with E-state index in [9.17, 15) is 33.6 Å². The van der Waals surface area contributed by atoms with Gasteiger partial charge < -0.3 is 24.6 Å². The lowest BCUT2D eigenvalue weighted by Crippen LogP contribution is -2.55. The summed E-state index contributed by atoms with van der Waals surface area (Å²) in [5.41, 5.74) is -0.100. The fourth-order valence-electron chi connectivity index (χ4n) is 9.54. The molecule has 1 fully saturated rings. The number of thiazole rings is 1. The molecule has 0 unspecified atom stereocenters. The molecule has 15 heteroatoms. The Balaban J connectivity index is 1.39. The van der Waals surface area contributed by atoms with Gasteiger partial charge in [-0.15, -0.1) is 11.3 Å². The molecule has 0 radical (unpaired) electrons. The zero-order chi connectivity index (χ0) is 48.7. The Morgan fingerprint density at radius 3 is 2.21 bits per heavy atom. The van der Waals surface area contributed by atoms with Gasteiger partial charge in [0.15, 0.2) is 5.78 Å². The number of carbonyl (C=O) groups excluding carboxylic acids is 7. The number of carbonyl (C=O) groups is 7. The topological polar surface area (TPSA) is 173 Å². The van der Waals surface area contributed by atoms with E-state index < -0.39 is 35.6 Å². The third-order valence-electron chi connectivity index (χ3n) is 13.8. The second-order valence-electron chi connectivity index (χ2n) is 19.1. The summed E-state index contributed by atoms with van der Waals surface area (Å²) in [4.78, 5) is 103. The van der Waals surface area contributed by atoms with E-state index in [-0.39, 0.29) is 90.7 Å². The van der Waals surface area contributed by atoms with Crippen molar-refractivity contribution in [1.29, 1.82) is 0 Å². The minimum Gasteiger partial charge on any atom is -0.379 e. The first-order valence-corrected chi connectivity index (χ1v) is 24.7. The monoisotopic (exact) mass is 934 g/mol. The van der Waals surface area contributed by atoms with Gasteiger partial charge in [-0.25, -0.2) is 4.98 Å². The molecular weight excluding hydrogens is 859 g/mol. The molecule has 2 aliphatic heterocycles. The van der Waals surface area contributed by atoms with Crippen LogP contribution in [0.1, 0.15) is 129 Å². The minimum absolute atomic E-state index is 0.0115. The molecule has 4 rings (SSSR count). The van der Waals surface area contributed by atoms with Crippen LogP contribution in [-0.4, -0.2) is 125 Å². The van der Waals surface area contributed by atoms with Crippen LogP contribution in [0.4, 0.5) is 0 Å². The van der Waals surface area contributed by atoms with Crippen LogP contribution in [0.15, 0.2) is 54.1 Å². The third kappa shape index (κ3) is 14.5. The number of Topliss-reactive ketones (excluding diaryl/α,β-unsaturated/α-hetero) is 2. The van der Waals surface area contributed by atoms with E-state index >= 15 is 0 Å². The molecule has 0 aliphatic carbocycles. The van der Waals surface area contributed by atoms with Crippen LogP contribution in [0.2, 0.25) is 0 Å². The Hall–Kier alpha value is -4.60. The minimum atomic E-state index is -1.24. The highest BCUT2D eigenvalue weighted by Crippen LogP contribution is 2.34. The highest BCUT2D eigenvalue weighted by atomic mass is 32.1. The molecule has 3 heterocycles. The SMILES string of the molecule is CC[C@H](C)[C@@H]([C@@H](CC(=O)N1CCC[C@H]1[C@H](OC)[C@@H](C)C(=O)C[C@@H](Cc1ccccc1)c1nccs1)OC)N(C)C(=O)[C@@H](CC(=O)C(C)(C)NC(=O)CCCCCN1C(=O)C=CC1=O)C(C)C. The smallest absolute Gasteiger partial charge is 0.253 e. The van der Waals surface area contributed by atoms with Gasteiger partial charge in [0.1, 0.15) is 5.78 Å². The molecule has 5 amide bonds. The number of benzene rings is 1. The number of nitrogens with one attached hydrogen (secondary N) is 1. The predicted octanol–water partition coefficient (Wildman–Crippen LogP) is 6.96. The van der Waals surface area contributed by atoms with Crippen LogP contribution in [0, 0.1) is 23.7 Å². The van der Waals surface area contributed by atoms with Crippen molar-refractivity contribution in [3.8, 4) is 0 Å². The molecule has 0 saturated carbocycles. The van der Waals surface area contributed by atoms with Gasteiger partial charge >= 0.3 is 0 Å². The second kappa shape index (κ2) is 25.5. The molecule has 0 bridgehead atoms. The number of likely N-dealkylation sites (N-methyl/N-ethyl adjacent to an activating group) is 1. The van der Waals surface area contributed by atoms with Gasteiger partial charge in [-0.05, 0) is 63.4 Å². The van der Waals surface area contributed by atoms with Crippen LogP contribution in [0.3, 0.4) is 0 Å². The van der Waals surface area contributed by atoms with Gasteiger partial charge in [0, 0.05) is 95.1 Å². The average Bonchev–Trinajstić information content (AvgIpc) is 4.07. The van der Waals surface area contributed by atoms with Crippen LogP contribution >= 0.6 is 11.3 Å². The maximum atomic E-state index is 14.5.